The fraction of sp³-hybridized carbons (Fsp3) is 0.267. The van der Waals surface area contributed by atoms with Gasteiger partial charge in [-0.1, -0.05) is 37.0 Å². The van der Waals surface area contributed by atoms with E-state index in [0.29, 0.717) is 27.0 Å². The zero-order chi connectivity index (χ0) is 15.6. The highest BCUT2D eigenvalue weighted by Crippen LogP contribution is 2.23. The summed E-state index contributed by atoms with van der Waals surface area (Å²) in [6.07, 6.45) is 1.54. The van der Waals surface area contributed by atoms with Crippen molar-refractivity contribution in [2.24, 2.45) is 0 Å². The van der Waals surface area contributed by atoms with Gasteiger partial charge in [0.15, 0.2) is 0 Å². The van der Waals surface area contributed by atoms with E-state index in [1.807, 2.05) is 13.8 Å². The van der Waals surface area contributed by atoms with E-state index in [-0.39, 0.29) is 11.8 Å². The van der Waals surface area contributed by atoms with E-state index in [2.05, 4.69) is 15.3 Å². The van der Waals surface area contributed by atoms with E-state index in [4.69, 9.17) is 23.2 Å². The topological polar surface area (TPSA) is 54.9 Å². The van der Waals surface area contributed by atoms with Gasteiger partial charge in [0.1, 0.15) is 5.82 Å². The fourth-order valence-electron chi connectivity index (χ4n) is 1.81. The predicted molar refractivity (Wildman–Crippen MR) is 85.3 cm³/mol. The summed E-state index contributed by atoms with van der Waals surface area (Å²) in [5, 5.41) is 3.66. The van der Waals surface area contributed by atoms with Crippen molar-refractivity contribution >= 4 is 34.8 Å². The van der Waals surface area contributed by atoms with Crippen LogP contribution in [0.5, 0.6) is 0 Å². The van der Waals surface area contributed by atoms with Crippen LogP contribution in [0.3, 0.4) is 0 Å². The summed E-state index contributed by atoms with van der Waals surface area (Å²) < 4.78 is 0. The molecule has 0 radical (unpaired) electrons. The molecule has 0 spiro atoms. The molecular formula is C15H15Cl2N3O. The van der Waals surface area contributed by atoms with E-state index in [9.17, 15) is 4.79 Å². The Kier molecular flexibility index (Phi) is 4.80. The maximum absolute atomic E-state index is 12.3. The van der Waals surface area contributed by atoms with E-state index >= 15 is 0 Å². The van der Waals surface area contributed by atoms with Crippen LogP contribution >= 0.6 is 23.2 Å². The first-order chi connectivity index (χ1) is 9.86. The molecule has 2 aromatic rings. The zero-order valence-electron chi connectivity index (χ0n) is 11.9. The Morgan fingerprint density at radius 3 is 2.33 bits per heavy atom. The molecule has 1 amide bonds. The molecule has 0 saturated heterocycles. The number of aryl methyl sites for hydroxylation is 1. The second-order valence-corrected chi connectivity index (χ2v) is 5.87. The Morgan fingerprint density at radius 2 is 1.81 bits per heavy atom. The van der Waals surface area contributed by atoms with Crippen molar-refractivity contribution in [2.45, 2.75) is 26.7 Å². The maximum atomic E-state index is 12.3. The van der Waals surface area contributed by atoms with Gasteiger partial charge in [-0.15, -0.1) is 0 Å². The summed E-state index contributed by atoms with van der Waals surface area (Å²) in [6, 6.07) is 4.86. The van der Waals surface area contributed by atoms with Crippen molar-refractivity contribution in [2.75, 3.05) is 5.32 Å². The minimum absolute atomic E-state index is 0.215. The van der Waals surface area contributed by atoms with Gasteiger partial charge in [0.2, 0.25) is 0 Å². The Morgan fingerprint density at radius 1 is 1.19 bits per heavy atom. The van der Waals surface area contributed by atoms with Crippen LogP contribution in [0.2, 0.25) is 10.0 Å². The molecule has 1 aromatic heterocycles. The molecule has 21 heavy (non-hydrogen) atoms. The highest BCUT2D eigenvalue weighted by Gasteiger charge is 2.13. The molecule has 6 heteroatoms. The summed E-state index contributed by atoms with van der Waals surface area (Å²) in [7, 11) is 0. The van der Waals surface area contributed by atoms with Gasteiger partial charge in [0, 0.05) is 27.8 Å². The lowest BCUT2D eigenvalue weighted by Crippen LogP contribution is -2.15. The molecule has 0 aliphatic carbocycles. The lowest BCUT2D eigenvalue weighted by molar-refractivity contribution is 0.102. The monoisotopic (exact) mass is 323 g/mol. The van der Waals surface area contributed by atoms with E-state index in [1.54, 1.807) is 31.3 Å². The van der Waals surface area contributed by atoms with Gasteiger partial charge < -0.3 is 5.32 Å². The van der Waals surface area contributed by atoms with Gasteiger partial charge in [-0.05, 0) is 25.1 Å². The minimum Gasteiger partial charge on any atom is -0.322 e. The minimum atomic E-state index is -0.291. The molecular weight excluding hydrogens is 309 g/mol. The molecule has 0 fully saturated rings. The van der Waals surface area contributed by atoms with Crippen LogP contribution in [-0.2, 0) is 0 Å². The van der Waals surface area contributed by atoms with Gasteiger partial charge in [-0.25, -0.2) is 9.97 Å². The Labute approximate surface area is 133 Å². The van der Waals surface area contributed by atoms with Crippen LogP contribution in [0.1, 0.15) is 41.6 Å². The summed E-state index contributed by atoms with van der Waals surface area (Å²) in [5.74, 6) is 0.642. The van der Waals surface area contributed by atoms with Crippen molar-refractivity contribution in [1.82, 2.24) is 9.97 Å². The van der Waals surface area contributed by atoms with Gasteiger partial charge >= 0.3 is 0 Å². The molecule has 4 nitrogen and oxygen atoms in total. The average molecular weight is 324 g/mol. The number of anilines is 1. The Balaban J connectivity index is 2.24. The number of rotatable bonds is 3. The number of amides is 1. The first-order valence-corrected chi connectivity index (χ1v) is 7.23. The van der Waals surface area contributed by atoms with Crippen molar-refractivity contribution in [3.8, 4) is 0 Å². The number of nitrogens with zero attached hydrogens (tertiary/aromatic N) is 2. The number of aromatic nitrogens is 2. The summed E-state index contributed by atoms with van der Waals surface area (Å²) in [5.41, 5.74) is 1.60. The van der Waals surface area contributed by atoms with Gasteiger partial charge in [0.05, 0.1) is 11.3 Å². The third-order valence-corrected chi connectivity index (χ3v) is 3.32. The number of benzene rings is 1. The molecule has 0 unspecified atom stereocenters. The van der Waals surface area contributed by atoms with E-state index in [1.165, 1.54) is 0 Å². The van der Waals surface area contributed by atoms with Crippen LogP contribution in [0.15, 0.2) is 24.4 Å². The molecule has 0 aliphatic heterocycles. The summed E-state index contributed by atoms with van der Waals surface area (Å²) in [4.78, 5) is 20.8. The molecule has 0 saturated carbocycles. The molecule has 0 atom stereocenters. The Bertz CT molecular complexity index is 666. The molecule has 2 rings (SSSR count). The van der Waals surface area contributed by atoms with Crippen molar-refractivity contribution in [3.05, 3.63) is 51.5 Å². The second kappa shape index (κ2) is 6.41. The number of carbonyl (C=O) groups excluding carboxylic acids is 1. The van der Waals surface area contributed by atoms with E-state index in [0.717, 1.165) is 5.82 Å². The van der Waals surface area contributed by atoms with Gasteiger partial charge in [-0.3, -0.25) is 4.79 Å². The maximum Gasteiger partial charge on any atom is 0.259 e. The lowest BCUT2D eigenvalue weighted by Gasteiger charge is -2.10. The zero-order valence-corrected chi connectivity index (χ0v) is 13.5. The predicted octanol–water partition coefficient (Wildman–Crippen LogP) is 4.47. The van der Waals surface area contributed by atoms with Gasteiger partial charge in [0.25, 0.3) is 5.91 Å². The molecule has 0 bridgehead atoms. The van der Waals surface area contributed by atoms with Crippen LogP contribution in [0.4, 0.5) is 5.69 Å². The van der Waals surface area contributed by atoms with Crippen LogP contribution in [0, 0.1) is 6.92 Å². The lowest BCUT2D eigenvalue weighted by atomic mass is 10.1. The number of nitrogens with one attached hydrogen (secondary N) is 1. The highest BCUT2D eigenvalue weighted by atomic mass is 35.5. The van der Waals surface area contributed by atoms with Crippen LogP contribution < -0.4 is 5.32 Å². The molecule has 110 valence electrons. The largest absolute Gasteiger partial charge is 0.322 e. The van der Waals surface area contributed by atoms with Crippen molar-refractivity contribution < 1.29 is 4.79 Å². The average Bonchev–Trinajstić information content (AvgIpc) is 2.36. The number of halogens is 2. The summed E-state index contributed by atoms with van der Waals surface area (Å²) in [6.45, 7) is 5.79. The smallest absolute Gasteiger partial charge is 0.259 e. The quantitative estimate of drug-likeness (QED) is 0.906. The standard InChI is InChI=1S/C15H15Cl2N3O/c1-8(2)14-18-7-13(9(3)19-14)15(21)20-12-5-10(16)4-11(17)6-12/h4-8H,1-3H3,(H,20,21). The first kappa shape index (κ1) is 15.7. The summed E-state index contributed by atoms with van der Waals surface area (Å²) >= 11 is 11.8. The molecule has 0 aliphatic rings. The SMILES string of the molecule is Cc1nc(C(C)C)ncc1C(=O)Nc1cc(Cl)cc(Cl)c1. The normalized spacial score (nSPS) is 10.8. The van der Waals surface area contributed by atoms with Crippen molar-refractivity contribution in [3.63, 3.8) is 0 Å². The van der Waals surface area contributed by atoms with Crippen LogP contribution in [0.25, 0.3) is 0 Å². The number of carbonyl (C=O) groups is 1. The second-order valence-electron chi connectivity index (χ2n) is 4.99. The highest BCUT2D eigenvalue weighted by molar-refractivity contribution is 6.35. The molecule has 1 N–H and O–H groups in total. The molecule has 1 aromatic carbocycles. The Hall–Kier alpha value is -1.65. The third kappa shape index (κ3) is 3.93. The number of hydrogen-bond donors (Lipinski definition) is 1. The number of hydrogen-bond acceptors (Lipinski definition) is 3. The fourth-order valence-corrected chi connectivity index (χ4v) is 2.34. The van der Waals surface area contributed by atoms with E-state index < -0.39 is 0 Å². The van der Waals surface area contributed by atoms with Gasteiger partial charge in [-0.2, -0.15) is 0 Å². The first-order valence-electron chi connectivity index (χ1n) is 6.48. The molecule has 1 heterocycles. The third-order valence-electron chi connectivity index (χ3n) is 2.88. The van der Waals surface area contributed by atoms with Crippen LogP contribution in [-0.4, -0.2) is 15.9 Å². The van der Waals surface area contributed by atoms with Crippen molar-refractivity contribution in [1.29, 1.82) is 0 Å².